The summed E-state index contributed by atoms with van der Waals surface area (Å²) in [4.78, 5) is 15.8. The standard InChI is InChI=1S/C13H12BrCl2N3O4S.C13H12BrCl2N3O3S/c1-22-5-6-23-13-12(17-7-10(14)18-13)19-24(20,21)9-4-2-3-8(15)11(9)16;1-2-6-22-13-12(17-7-10(14)18-13)19-23(20,21)9-5-3-4-8(15)11(9)16/h2-4,7H,5-6H2,1H3,(H,17,19);3-5,7H,2,6H2,1H3,(H,17,19). The van der Waals surface area contributed by atoms with E-state index in [1.54, 1.807) is 0 Å². The van der Waals surface area contributed by atoms with Crippen LogP contribution in [-0.2, 0) is 24.8 Å². The third-order valence-corrected chi connectivity index (χ3v) is 10.7. The number of rotatable bonds is 13. The van der Waals surface area contributed by atoms with Crippen molar-refractivity contribution in [2.75, 3.05) is 36.4 Å². The summed E-state index contributed by atoms with van der Waals surface area (Å²) in [5, 5.41) is 0.109. The molecule has 0 aliphatic heterocycles. The molecule has 0 amide bonds. The average molecular weight is 898 g/mol. The van der Waals surface area contributed by atoms with Gasteiger partial charge in [-0.25, -0.2) is 36.8 Å². The Morgan fingerprint density at radius 3 is 1.53 bits per heavy atom. The Labute approximate surface area is 308 Å². The van der Waals surface area contributed by atoms with Crippen LogP contribution in [0.25, 0.3) is 0 Å². The molecule has 0 radical (unpaired) electrons. The molecule has 0 bridgehead atoms. The van der Waals surface area contributed by atoms with Gasteiger partial charge in [-0.05, 0) is 62.5 Å². The minimum absolute atomic E-state index is 0.00292. The molecule has 13 nitrogen and oxygen atoms in total. The van der Waals surface area contributed by atoms with Crippen LogP contribution in [0.5, 0.6) is 11.8 Å². The number of sulfonamides is 2. The summed E-state index contributed by atoms with van der Waals surface area (Å²) in [5.41, 5.74) is 0. The van der Waals surface area contributed by atoms with Gasteiger partial charge >= 0.3 is 0 Å². The molecule has 254 valence electrons. The lowest BCUT2D eigenvalue weighted by molar-refractivity contribution is 0.144. The molecule has 4 rings (SSSR count). The quantitative estimate of drug-likeness (QED) is 0.127. The minimum Gasteiger partial charge on any atom is -0.475 e. The fourth-order valence-electron chi connectivity index (χ4n) is 3.21. The maximum Gasteiger partial charge on any atom is 0.264 e. The molecule has 21 heteroatoms. The largest absolute Gasteiger partial charge is 0.475 e. The van der Waals surface area contributed by atoms with Crippen molar-refractivity contribution in [1.29, 1.82) is 0 Å². The molecule has 2 N–H and O–H groups in total. The molecule has 0 saturated heterocycles. The zero-order valence-electron chi connectivity index (χ0n) is 24.2. The van der Waals surface area contributed by atoms with Crippen molar-refractivity contribution in [3.8, 4) is 11.8 Å². The number of benzene rings is 2. The first-order chi connectivity index (χ1) is 22.2. The van der Waals surface area contributed by atoms with Crippen LogP contribution in [0, 0.1) is 0 Å². The minimum atomic E-state index is -4.03. The van der Waals surface area contributed by atoms with E-state index in [-0.39, 0.29) is 59.9 Å². The Kier molecular flexibility index (Phi) is 15.0. The molecule has 0 saturated carbocycles. The molecule has 2 heterocycles. The van der Waals surface area contributed by atoms with Crippen molar-refractivity contribution in [2.45, 2.75) is 23.1 Å². The van der Waals surface area contributed by atoms with Gasteiger partial charge in [0.25, 0.3) is 31.8 Å². The molecule has 2 aromatic carbocycles. The molecule has 2 aromatic heterocycles. The van der Waals surface area contributed by atoms with Crippen LogP contribution < -0.4 is 18.9 Å². The van der Waals surface area contributed by atoms with Crippen molar-refractivity contribution in [3.05, 3.63) is 78.1 Å². The van der Waals surface area contributed by atoms with Gasteiger partial charge in [-0.2, -0.15) is 0 Å². The molecular weight excluding hydrogens is 874 g/mol. The molecular formula is C26H24Br2Cl4N6O7S2. The predicted molar refractivity (Wildman–Crippen MR) is 187 cm³/mol. The van der Waals surface area contributed by atoms with Gasteiger partial charge in [0.2, 0.25) is 11.6 Å². The Morgan fingerprint density at radius 2 is 1.13 bits per heavy atom. The van der Waals surface area contributed by atoms with E-state index in [1.165, 1.54) is 55.9 Å². The lowest BCUT2D eigenvalue weighted by atomic mass is 10.4. The van der Waals surface area contributed by atoms with E-state index in [1.807, 2.05) is 6.92 Å². The van der Waals surface area contributed by atoms with Crippen molar-refractivity contribution < 1.29 is 31.0 Å². The van der Waals surface area contributed by atoms with E-state index in [0.717, 1.165) is 6.42 Å². The Bertz CT molecular complexity index is 1930. The molecule has 0 aliphatic carbocycles. The molecule has 0 fully saturated rings. The van der Waals surface area contributed by atoms with Crippen molar-refractivity contribution in [1.82, 2.24) is 19.9 Å². The summed E-state index contributed by atoms with van der Waals surface area (Å²) < 4.78 is 71.1. The molecule has 0 aliphatic rings. The Balaban J connectivity index is 0.000000256. The number of halogens is 6. The fourth-order valence-corrected chi connectivity index (χ4v) is 7.28. The monoisotopic (exact) mass is 894 g/mol. The number of ether oxygens (including phenoxy) is 3. The zero-order valence-corrected chi connectivity index (χ0v) is 32.0. The first kappa shape index (κ1) is 39.2. The molecule has 4 aromatic rings. The van der Waals surface area contributed by atoms with Crippen LogP contribution in [0.4, 0.5) is 11.6 Å². The summed E-state index contributed by atoms with van der Waals surface area (Å²) in [6.45, 7) is 2.77. The van der Waals surface area contributed by atoms with Crippen molar-refractivity contribution in [3.63, 3.8) is 0 Å². The van der Waals surface area contributed by atoms with Gasteiger partial charge in [0, 0.05) is 7.11 Å². The third-order valence-electron chi connectivity index (χ3n) is 5.26. The summed E-state index contributed by atoms with van der Waals surface area (Å²) in [5.74, 6) is -0.0332. The van der Waals surface area contributed by atoms with Crippen molar-refractivity contribution >= 4 is 110 Å². The maximum atomic E-state index is 12.5. The second-order valence-corrected chi connectivity index (χ2v) is 15.2. The highest BCUT2D eigenvalue weighted by atomic mass is 79.9. The number of aromatic nitrogens is 4. The second kappa shape index (κ2) is 18.0. The number of hydrogen-bond donors (Lipinski definition) is 2. The number of nitrogens with one attached hydrogen (secondary N) is 2. The van der Waals surface area contributed by atoms with Gasteiger partial charge in [-0.15, -0.1) is 0 Å². The summed E-state index contributed by atoms with van der Waals surface area (Å²) >= 11 is 30.0. The van der Waals surface area contributed by atoms with Gasteiger partial charge in [-0.3, -0.25) is 9.44 Å². The van der Waals surface area contributed by atoms with Crippen LogP contribution in [0.3, 0.4) is 0 Å². The highest BCUT2D eigenvalue weighted by Gasteiger charge is 2.24. The molecule has 0 spiro atoms. The van der Waals surface area contributed by atoms with E-state index < -0.39 is 20.0 Å². The van der Waals surface area contributed by atoms with Gasteiger partial charge < -0.3 is 14.2 Å². The van der Waals surface area contributed by atoms with E-state index in [0.29, 0.717) is 22.4 Å². The SMILES string of the molecule is CCCOc1nc(Br)cnc1NS(=O)(=O)c1cccc(Cl)c1Cl.COCCOc1nc(Br)cnc1NS(=O)(=O)c1cccc(Cl)c1Cl. The lowest BCUT2D eigenvalue weighted by Crippen LogP contribution is -2.17. The summed E-state index contributed by atoms with van der Waals surface area (Å²) in [6, 6.07) is 8.63. The van der Waals surface area contributed by atoms with Gasteiger partial charge in [0.05, 0.1) is 45.7 Å². The van der Waals surface area contributed by atoms with E-state index in [4.69, 9.17) is 60.6 Å². The maximum absolute atomic E-state index is 12.5. The van der Waals surface area contributed by atoms with Gasteiger partial charge in [0.15, 0.2) is 0 Å². The third kappa shape index (κ3) is 11.2. The highest BCUT2D eigenvalue weighted by Crippen LogP contribution is 2.33. The highest BCUT2D eigenvalue weighted by molar-refractivity contribution is 9.10. The van der Waals surface area contributed by atoms with Gasteiger partial charge in [0.1, 0.15) is 25.6 Å². The van der Waals surface area contributed by atoms with E-state index >= 15 is 0 Å². The van der Waals surface area contributed by atoms with Crippen LogP contribution in [0.1, 0.15) is 13.3 Å². The smallest absolute Gasteiger partial charge is 0.264 e. The second-order valence-electron chi connectivity index (χ2n) is 8.70. The number of nitrogens with zero attached hydrogens (tertiary/aromatic N) is 4. The topological polar surface area (TPSA) is 172 Å². The molecule has 0 atom stereocenters. The first-order valence-corrected chi connectivity index (χ1v) is 19.0. The summed E-state index contributed by atoms with van der Waals surface area (Å²) in [7, 11) is -6.50. The van der Waals surface area contributed by atoms with Crippen LogP contribution >= 0.6 is 78.3 Å². The number of hydrogen-bond acceptors (Lipinski definition) is 11. The fraction of sp³-hybridized carbons (Fsp3) is 0.231. The Morgan fingerprint density at radius 1 is 0.702 bits per heavy atom. The van der Waals surface area contributed by atoms with E-state index in [9.17, 15) is 16.8 Å². The predicted octanol–water partition coefficient (Wildman–Crippen LogP) is 7.51. The lowest BCUT2D eigenvalue weighted by Gasteiger charge is -2.13. The number of methoxy groups -OCH3 is 1. The first-order valence-electron chi connectivity index (χ1n) is 12.9. The van der Waals surface area contributed by atoms with Gasteiger partial charge in [-0.1, -0.05) is 65.5 Å². The number of anilines is 2. The van der Waals surface area contributed by atoms with Crippen LogP contribution in [0.15, 0.2) is 67.8 Å². The summed E-state index contributed by atoms with van der Waals surface area (Å²) in [6.07, 6.45) is 3.43. The van der Waals surface area contributed by atoms with E-state index in [2.05, 4.69) is 61.2 Å². The van der Waals surface area contributed by atoms with Crippen LogP contribution in [0.2, 0.25) is 20.1 Å². The molecule has 0 unspecified atom stereocenters. The zero-order chi connectivity index (χ0) is 34.8. The van der Waals surface area contributed by atoms with Crippen LogP contribution in [-0.4, -0.2) is 63.7 Å². The molecule has 47 heavy (non-hydrogen) atoms. The van der Waals surface area contributed by atoms with Crippen molar-refractivity contribution in [2.24, 2.45) is 0 Å². The Hall–Kier alpha value is -2.22. The average Bonchev–Trinajstić information content (AvgIpc) is 3.01. The normalized spacial score (nSPS) is 11.3.